The quantitative estimate of drug-likeness (QED) is 0.778. The third kappa shape index (κ3) is 2.36. The lowest BCUT2D eigenvalue weighted by Gasteiger charge is -2.09. The van der Waals surface area contributed by atoms with Gasteiger partial charge in [0.2, 0.25) is 0 Å². The van der Waals surface area contributed by atoms with Gasteiger partial charge in [-0.1, -0.05) is 6.92 Å². The molecule has 0 spiro atoms. The highest BCUT2D eigenvalue weighted by molar-refractivity contribution is 7.17. The number of nitrogen functional groups attached to an aromatic ring is 1. The second-order valence-corrected chi connectivity index (χ2v) is 4.01. The number of nitrogens with zero attached hydrogens (tertiary/aromatic N) is 1. The van der Waals surface area contributed by atoms with E-state index in [1.54, 1.807) is 0 Å². The molecule has 1 heterocycles. The van der Waals surface area contributed by atoms with Gasteiger partial charge in [0, 0.05) is 6.04 Å². The smallest absolute Gasteiger partial charge is 0.129 e. The summed E-state index contributed by atoms with van der Waals surface area (Å²) in [5.41, 5.74) is 6.18. The van der Waals surface area contributed by atoms with E-state index >= 15 is 0 Å². The Labute approximate surface area is 82.2 Å². The first-order valence-electron chi connectivity index (χ1n) is 4.23. The van der Waals surface area contributed by atoms with Crippen LogP contribution in [0.3, 0.4) is 0 Å². The molecule has 0 aromatic carbocycles. The lowest BCUT2D eigenvalue weighted by atomic mass is 10.3. The number of hydrogen-bond acceptors (Lipinski definition) is 4. The fourth-order valence-electron chi connectivity index (χ4n) is 0.909. The van der Waals surface area contributed by atoms with Gasteiger partial charge in [-0.05, 0) is 19.4 Å². The van der Waals surface area contributed by atoms with Crippen LogP contribution < -0.4 is 11.1 Å². The van der Waals surface area contributed by atoms with Crippen molar-refractivity contribution in [3.8, 4) is 6.07 Å². The highest BCUT2D eigenvalue weighted by Gasteiger charge is 2.06. The summed E-state index contributed by atoms with van der Waals surface area (Å²) in [5.74, 6) is 0. The first-order valence-corrected chi connectivity index (χ1v) is 5.05. The van der Waals surface area contributed by atoms with Crippen LogP contribution in [0.15, 0.2) is 6.07 Å². The number of nitrogens with one attached hydrogen (secondary N) is 1. The van der Waals surface area contributed by atoms with Crippen LogP contribution in [-0.2, 0) is 0 Å². The van der Waals surface area contributed by atoms with Gasteiger partial charge in [-0.3, -0.25) is 0 Å². The van der Waals surface area contributed by atoms with E-state index in [4.69, 9.17) is 11.0 Å². The molecule has 1 atom stereocenters. The average molecular weight is 195 g/mol. The van der Waals surface area contributed by atoms with Gasteiger partial charge in [0.25, 0.3) is 0 Å². The predicted octanol–water partition coefficient (Wildman–Crippen LogP) is 2.41. The lowest BCUT2D eigenvalue weighted by Crippen LogP contribution is -2.11. The molecular weight excluding hydrogens is 182 g/mol. The summed E-state index contributed by atoms with van der Waals surface area (Å²) in [6, 6.07) is 4.30. The van der Waals surface area contributed by atoms with Crippen molar-refractivity contribution in [2.45, 2.75) is 26.3 Å². The van der Waals surface area contributed by atoms with Crippen molar-refractivity contribution in [1.82, 2.24) is 0 Å². The van der Waals surface area contributed by atoms with Gasteiger partial charge in [-0.25, -0.2) is 0 Å². The van der Waals surface area contributed by atoms with E-state index in [1.165, 1.54) is 11.3 Å². The van der Waals surface area contributed by atoms with Crippen molar-refractivity contribution in [3.63, 3.8) is 0 Å². The molecule has 4 heteroatoms. The van der Waals surface area contributed by atoms with Gasteiger partial charge < -0.3 is 11.1 Å². The van der Waals surface area contributed by atoms with Crippen LogP contribution >= 0.6 is 11.3 Å². The molecule has 1 rings (SSSR count). The van der Waals surface area contributed by atoms with E-state index in [2.05, 4.69) is 25.2 Å². The van der Waals surface area contributed by atoms with Crippen LogP contribution in [0.25, 0.3) is 0 Å². The van der Waals surface area contributed by atoms with Crippen LogP contribution in [0.5, 0.6) is 0 Å². The number of hydrogen-bond donors (Lipinski definition) is 2. The molecule has 0 aliphatic heterocycles. The van der Waals surface area contributed by atoms with Gasteiger partial charge in [0.15, 0.2) is 0 Å². The van der Waals surface area contributed by atoms with Crippen molar-refractivity contribution in [2.24, 2.45) is 0 Å². The van der Waals surface area contributed by atoms with Gasteiger partial charge in [-0.2, -0.15) is 5.26 Å². The Hall–Kier alpha value is -1.21. The minimum atomic E-state index is 0.421. The number of rotatable bonds is 3. The predicted molar refractivity (Wildman–Crippen MR) is 56.8 cm³/mol. The highest BCUT2D eigenvalue weighted by atomic mass is 32.1. The molecule has 0 saturated heterocycles. The van der Waals surface area contributed by atoms with Gasteiger partial charge in [0.05, 0.1) is 10.7 Å². The summed E-state index contributed by atoms with van der Waals surface area (Å²) >= 11 is 1.41. The fourth-order valence-corrected chi connectivity index (χ4v) is 1.80. The van der Waals surface area contributed by atoms with Crippen molar-refractivity contribution < 1.29 is 0 Å². The van der Waals surface area contributed by atoms with Crippen molar-refractivity contribution in [2.75, 3.05) is 11.1 Å². The third-order valence-corrected chi connectivity index (χ3v) is 2.85. The number of nitriles is 1. The zero-order valence-corrected chi connectivity index (χ0v) is 8.61. The molecule has 0 fully saturated rings. The van der Waals surface area contributed by atoms with E-state index < -0.39 is 0 Å². The Balaban J connectivity index is 2.75. The van der Waals surface area contributed by atoms with Crippen molar-refractivity contribution >= 4 is 22.0 Å². The van der Waals surface area contributed by atoms with Crippen LogP contribution in [0.4, 0.5) is 10.7 Å². The first-order chi connectivity index (χ1) is 6.17. The van der Waals surface area contributed by atoms with Crippen molar-refractivity contribution in [3.05, 3.63) is 10.9 Å². The molecule has 1 aromatic rings. The summed E-state index contributed by atoms with van der Waals surface area (Å²) in [4.78, 5) is 0.589. The zero-order chi connectivity index (χ0) is 9.84. The van der Waals surface area contributed by atoms with Crippen LogP contribution in [0.2, 0.25) is 0 Å². The Morgan fingerprint density at radius 2 is 2.46 bits per heavy atom. The summed E-state index contributed by atoms with van der Waals surface area (Å²) in [5, 5.41) is 12.9. The SMILES string of the molecule is CCC(C)Nc1cc(N)c(C#N)s1. The topological polar surface area (TPSA) is 61.8 Å². The van der Waals surface area contributed by atoms with Crippen molar-refractivity contribution in [1.29, 1.82) is 5.26 Å². The largest absolute Gasteiger partial charge is 0.397 e. The van der Waals surface area contributed by atoms with Gasteiger partial charge in [0.1, 0.15) is 10.9 Å². The number of thiophene rings is 1. The maximum atomic E-state index is 8.68. The molecule has 0 saturated carbocycles. The summed E-state index contributed by atoms with van der Waals surface area (Å²) in [6.07, 6.45) is 1.06. The molecule has 3 N–H and O–H groups in total. The number of anilines is 2. The maximum absolute atomic E-state index is 8.68. The molecule has 1 aromatic heterocycles. The van der Waals surface area contributed by atoms with E-state index in [1.807, 2.05) is 6.07 Å². The number of nitrogens with two attached hydrogens (primary N) is 1. The van der Waals surface area contributed by atoms with Crippen LogP contribution in [0.1, 0.15) is 25.1 Å². The van der Waals surface area contributed by atoms with E-state index in [0.717, 1.165) is 11.4 Å². The maximum Gasteiger partial charge on any atom is 0.129 e. The molecular formula is C9H13N3S. The standard InChI is InChI=1S/C9H13N3S/c1-3-6(2)12-9-4-7(11)8(5-10)13-9/h4,6,12H,3,11H2,1-2H3. The van der Waals surface area contributed by atoms with E-state index in [0.29, 0.717) is 16.6 Å². The molecule has 3 nitrogen and oxygen atoms in total. The molecule has 0 amide bonds. The average Bonchev–Trinajstić information content (AvgIpc) is 2.46. The Morgan fingerprint density at radius 3 is 2.92 bits per heavy atom. The monoisotopic (exact) mass is 195 g/mol. The Morgan fingerprint density at radius 1 is 1.77 bits per heavy atom. The van der Waals surface area contributed by atoms with Crippen LogP contribution in [-0.4, -0.2) is 6.04 Å². The third-order valence-electron chi connectivity index (χ3n) is 1.86. The highest BCUT2D eigenvalue weighted by Crippen LogP contribution is 2.28. The molecule has 13 heavy (non-hydrogen) atoms. The molecule has 0 bridgehead atoms. The van der Waals surface area contributed by atoms with Gasteiger partial charge >= 0.3 is 0 Å². The first kappa shape index (κ1) is 9.87. The summed E-state index contributed by atoms with van der Waals surface area (Å²) < 4.78 is 0. The normalized spacial score (nSPS) is 12.1. The minimum Gasteiger partial charge on any atom is -0.397 e. The van der Waals surface area contributed by atoms with E-state index in [9.17, 15) is 0 Å². The van der Waals surface area contributed by atoms with Crippen LogP contribution in [0, 0.1) is 11.3 Å². The molecule has 0 aliphatic rings. The van der Waals surface area contributed by atoms with E-state index in [-0.39, 0.29) is 0 Å². The minimum absolute atomic E-state index is 0.421. The second-order valence-electron chi connectivity index (χ2n) is 2.96. The second kappa shape index (κ2) is 4.15. The van der Waals surface area contributed by atoms with Gasteiger partial charge in [-0.15, -0.1) is 11.3 Å². The molecule has 70 valence electrons. The lowest BCUT2D eigenvalue weighted by molar-refractivity contribution is 0.767. The fraction of sp³-hybridized carbons (Fsp3) is 0.444. The summed E-state index contributed by atoms with van der Waals surface area (Å²) in [6.45, 7) is 4.21. The molecule has 0 aliphatic carbocycles. The Bertz CT molecular complexity index is 324. The molecule has 1 unspecified atom stereocenters. The Kier molecular flexibility index (Phi) is 3.15. The zero-order valence-electron chi connectivity index (χ0n) is 7.79. The molecule has 0 radical (unpaired) electrons. The summed E-state index contributed by atoms with van der Waals surface area (Å²) in [7, 11) is 0.